The molecule has 2 fully saturated rings. The Hall–Kier alpha value is -1.97. The first-order valence-electron chi connectivity index (χ1n) is 12.3. The van der Waals surface area contributed by atoms with Gasteiger partial charge in [0.25, 0.3) is 0 Å². The zero-order valence-electron chi connectivity index (χ0n) is 19.2. The molecule has 0 N–H and O–H groups in total. The highest BCUT2D eigenvalue weighted by molar-refractivity contribution is 5.83. The van der Waals surface area contributed by atoms with Crippen molar-refractivity contribution in [2.75, 3.05) is 32.7 Å². The SMILES string of the molecule is CCC(=O)C(CC)N1CC(CN2CCC(c3ccccc3)CC2)C(c2ccccc2)C1. The Bertz CT molecular complexity index is 813. The number of nitrogens with zero attached hydrogens (tertiary/aromatic N) is 2. The lowest BCUT2D eigenvalue weighted by molar-refractivity contribution is -0.123. The van der Waals surface area contributed by atoms with E-state index in [9.17, 15) is 4.79 Å². The van der Waals surface area contributed by atoms with E-state index in [1.54, 1.807) is 0 Å². The third kappa shape index (κ3) is 5.27. The number of likely N-dealkylation sites (tertiary alicyclic amines) is 2. The Morgan fingerprint density at radius 1 is 0.903 bits per heavy atom. The second-order valence-corrected chi connectivity index (χ2v) is 9.46. The Kier molecular flexibility index (Phi) is 7.58. The molecule has 0 bridgehead atoms. The summed E-state index contributed by atoms with van der Waals surface area (Å²) < 4.78 is 0. The molecule has 3 unspecified atom stereocenters. The Morgan fingerprint density at radius 3 is 2.10 bits per heavy atom. The van der Waals surface area contributed by atoms with Crippen LogP contribution in [0.1, 0.15) is 62.5 Å². The van der Waals surface area contributed by atoms with Crippen molar-refractivity contribution in [1.82, 2.24) is 9.80 Å². The second-order valence-electron chi connectivity index (χ2n) is 9.46. The van der Waals surface area contributed by atoms with E-state index >= 15 is 0 Å². The largest absolute Gasteiger partial charge is 0.303 e. The number of carbonyl (C=O) groups excluding carboxylic acids is 1. The van der Waals surface area contributed by atoms with Crippen LogP contribution in [0.4, 0.5) is 0 Å². The van der Waals surface area contributed by atoms with Crippen LogP contribution in [0.25, 0.3) is 0 Å². The molecule has 0 saturated carbocycles. The minimum atomic E-state index is 0.0880. The van der Waals surface area contributed by atoms with Crippen LogP contribution in [-0.2, 0) is 4.79 Å². The maximum absolute atomic E-state index is 12.6. The van der Waals surface area contributed by atoms with Crippen molar-refractivity contribution in [3.63, 3.8) is 0 Å². The Morgan fingerprint density at radius 2 is 1.52 bits per heavy atom. The molecular formula is C28H38N2O. The van der Waals surface area contributed by atoms with Crippen molar-refractivity contribution in [2.45, 2.75) is 57.4 Å². The summed E-state index contributed by atoms with van der Waals surface area (Å²) in [5.74, 6) is 2.22. The molecule has 3 heteroatoms. The first-order chi connectivity index (χ1) is 15.2. The average molecular weight is 419 g/mol. The summed E-state index contributed by atoms with van der Waals surface area (Å²) in [7, 11) is 0. The minimum absolute atomic E-state index is 0.0880. The van der Waals surface area contributed by atoms with Gasteiger partial charge in [0.05, 0.1) is 6.04 Å². The lowest BCUT2D eigenvalue weighted by Crippen LogP contribution is -2.41. The molecule has 3 atom stereocenters. The maximum Gasteiger partial charge on any atom is 0.149 e. The van der Waals surface area contributed by atoms with Crippen LogP contribution in [0.3, 0.4) is 0 Å². The first kappa shape index (κ1) is 22.2. The zero-order valence-corrected chi connectivity index (χ0v) is 19.2. The van der Waals surface area contributed by atoms with Crippen LogP contribution < -0.4 is 0 Å². The van der Waals surface area contributed by atoms with Crippen molar-refractivity contribution in [1.29, 1.82) is 0 Å². The van der Waals surface area contributed by atoms with E-state index in [0.29, 0.717) is 30.0 Å². The quantitative estimate of drug-likeness (QED) is 0.578. The summed E-state index contributed by atoms with van der Waals surface area (Å²) in [6.07, 6.45) is 4.07. The number of ketones is 1. The van der Waals surface area contributed by atoms with Gasteiger partial charge in [-0.05, 0) is 55.3 Å². The van der Waals surface area contributed by atoms with Gasteiger partial charge in [0.1, 0.15) is 5.78 Å². The molecular weight excluding hydrogens is 380 g/mol. The van der Waals surface area contributed by atoms with Crippen molar-refractivity contribution in [2.24, 2.45) is 5.92 Å². The van der Waals surface area contributed by atoms with Crippen molar-refractivity contribution < 1.29 is 4.79 Å². The van der Waals surface area contributed by atoms with Gasteiger partial charge < -0.3 is 4.90 Å². The Balaban J connectivity index is 1.43. The second kappa shape index (κ2) is 10.6. The zero-order chi connectivity index (χ0) is 21.6. The number of carbonyl (C=O) groups is 1. The van der Waals surface area contributed by atoms with Crippen LogP contribution in [0.5, 0.6) is 0 Å². The van der Waals surface area contributed by atoms with E-state index < -0.39 is 0 Å². The van der Waals surface area contributed by atoms with Crippen LogP contribution in [0, 0.1) is 5.92 Å². The smallest absolute Gasteiger partial charge is 0.149 e. The van der Waals surface area contributed by atoms with Crippen LogP contribution in [0.15, 0.2) is 60.7 Å². The number of piperidine rings is 1. The molecule has 0 radical (unpaired) electrons. The molecule has 3 nitrogen and oxygen atoms in total. The third-order valence-corrected chi connectivity index (χ3v) is 7.60. The number of hydrogen-bond acceptors (Lipinski definition) is 3. The van der Waals surface area contributed by atoms with Gasteiger partial charge in [-0.3, -0.25) is 9.69 Å². The van der Waals surface area contributed by atoms with Gasteiger partial charge in [0.2, 0.25) is 0 Å². The highest BCUT2D eigenvalue weighted by atomic mass is 16.1. The molecule has 2 aromatic rings. The maximum atomic E-state index is 12.6. The summed E-state index contributed by atoms with van der Waals surface area (Å²) in [6, 6.07) is 22.1. The standard InChI is InChI=1S/C28H38N2O/c1-3-27(28(31)4-2)30-20-25(26(21-30)24-13-9-6-10-14-24)19-29-17-15-23(16-18-29)22-11-7-5-8-12-22/h5-14,23,25-27H,3-4,15-21H2,1-2H3. The lowest BCUT2D eigenvalue weighted by Gasteiger charge is -2.35. The van der Waals surface area contributed by atoms with Crippen LogP contribution in [-0.4, -0.2) is 54.3 Å². The van der Waals surface area contributed by atoms with Gasteiger partial charge in [0.15, 0.2) is 0 Å². The van der Waals surface area contributed by atoms with Crippen molar-refractivity contribution in [3.05, 3.63) is 71.8 Å². The Labute approximate surface area is 188 Å². The molecule has 2 aliphatic rings. The average Bonchev–Trinajstić information content (AvgIpc) is 3.24. The fraction of sp³-hybridized carbons (Fsp3) is 0.536. The normalized spacial score (nSPS) is 24.3. The van der Waals surface area contributed by atoms with E-state index in [-0.39, 0.29) is 6.04 Å². The summed E-state index contributed by atoms with van der Waals surface area (Å²) in [6.45, 7) is 9.74. The number of benzene rings is 2. The van der Waals surface area contributed by atoms with Crippen LogP contribution >= 0.6 is 0 Å². The minimum Gasteiger partial charge on any atom is -0.303 e. The molecule has 2 heterocycles. The van der Waals surface area contributed by atoms with Gasteiger partial charge in [-0.25, -0.2) is 0 Å². The fourth-order valence-electron chi connectivity index (χ4n) is 5.85. The van der Waals surface area contributed by atoms with Crippen molar-refractivity contribution in [3.8, 4) is 0 Å². The van der Waals surface area contributed by atoms with E-state index in [2.05, 4.69) is 77.4 Å². The molecule has 166 valence electrons. The monoisotopic (exact) mass is 418 g/mol. The molecule has 0 spiro atoms. The van der Waals surface area contributed by atoms with E-state index in [0.717, 1.165) is 26.1 Å². The molecule has 0 aliphatic carbocycles. The van der Waals surface area contributed by atoms with E-state index in [1.807, 2.05) is 6.92 Å². The molecule has 2 saturated heterocycles. The number of rotatable bonds is 8. The number of Topliss-reactive ketones (excluding diaryl/α,β-unsaturated/α-hetero) is 1. The topological polar surface area (TPSA) is 23.6 Å². The molecule has 4 rings (SSSR count). The summed E-state index contributed by atoms with van der Waals surface area (Å²) in [4.78, 5) is 17.8. The lowest BCUT2D eigenvalue weighted by atomic mass is 9.86. The molecule has 2 aromatic carbocycles. The van der Waals surface area contributed by atoms with E-state index in [4.69, 9.17) is 0 Å². The summed E-state index contributed by atoms with van der Waals surface area (Å²) in [5.41, 5.74) is 2.94. The number of hydrogen-bond donors (Lipinski definition) is 0. The van der Waals surface area contributed by atoms with Gasteiger partial charge in [0, 0.05) is 32.0 Å². The third-order valence-electron chi connectivity index (χ3n) is 7.60. The van der Waals surface area contributed by atoms with Crippen LogP contribution in [0.2, 0.25) is 0 Å². The van der Waals surface area contributed by atoms with Gasteiger partial charge in [-0.1, -0.05) is 74.5 Å². The van der Waals surface area contributed by atoms with Gasteiger partial charge in [-0.15, -0.1) is 0 Å². The van der Waals surface area contributed by atoms with Crippen molar-refractivity contribution >= 4 is 5.78 Å². The van der Waals surface area contributed by atoms with Gasteiger partial charge in [-0.2, -0.15) is 0 Å². The predicted octanol–water partition coefficient (Wildman–Crippen LogP) is 5.34. The molecule has 0 amide bonds. The highest BCUT2D eigenvalue weighted by Gasteiger charge is 2.39. The predicted molar refractivity (Wildman–Crippen MR) is 128 cm³/mol. The highest BCUT2D eigenvalue weighted by Crippen LogP contribution is 2.36. The first-order valence-corrected chi connectivity index (χ1v) is 12.3. The van der Waals surface area contributed by atoms with E-state index in [1.165, 1.54) is 37.1 Å². The fourth-order valence-corrected chi connectivity index (χ4v) is 5.85. The summed E-state index contributed by atoms with van der Waals surface area (Å²) in [5, 5.41) is 0. The molecule has 31 heavy (non-hydrogen) atoms. The van der Waals surface area contributed by atoms with Gasteiger partial charge >= 0.3 is 0 Å². The summed E-state index contributed by atoms with van der Waals surface area (Å²) >= 11 is 0. The molecule has 2 aliphatic heterocycles. The molecule has 0 aromatic heterocycles.